The molecule has 0 saturated carbocycles. The highest BCUT2D eigenvalue weighted by Gasteiger charge is 2.07. The Hall–Kier alpha value is -2.62. The van der Waals surface area contributed by atoms with E-state index >= 15 is 0 Å². The molecule has 4 rings (SSSR count). The van der Waals surface area contributed by atoms with Gasteiger partial charge in [0.05, 0.1) is 11.0 Å². The molecule has 4 heteroatoms. The van der Waals surface area contributed by atoms with Gasteiger partial charge < -0.3 is 9.40 Å². The van der Waals surface area contributed by atoms with E-state index < -0.39 is 0 Å². The van der Waals surface area contributed by atoms with Gasteiger partial charge in [0.2, 0.25) is 0 Å². The van der Waals surface area contributed by atoms with Gasteiger partial charge >= 0.3 is 0 Å². The molecule has 4 aromatic rings. The molecule has 20 heavy (non-hydrogen) atoms. The van der Waals surface area contributed by atoms with Crippen LogP contribution in [-0.2, 0) is 6.42 Å². The summed E-state index contributed by atoms with van der Waals surface area (Å²) in [6.45, 7) is 1.96. The Bertz CT molecular complexity index is 871. The summed E-state index contributed by atoms with van der Waals surface area (Å²) in [5, 5.41) is 0. The topological polar surface area (TPSA) is 54.7 Å². The van der Waals surface area contributed by atoms with Crippen molar-refractivity contribution in [3.63, 3.8) is 0 Å². The van der Waals surface area contributed by atoms with Crippen molar-refractivity contribution in [1.82, 2.24) is 15.0 Å². The molecule has 2 aromatic carbocycles. The summed E-state index contributed by atoms with van der Waals surface area (Å²) in [5.41, 5.74) is 4.94. The predicted octanol–water partition coefficient (Wildman–Crippen LogP) is 3.60. The van der Waals surface area contributed by atoms with E-state index in [1.54, 1.807) is 0 Å². The average Bonchev–Trinajstić information content (AvgIpc) is 2.99. The van der Waals surface area contributed by atoms with Crippen molar-refractivity contribution in [3.8, 4) is 0 Å². The number of aromatic nitrogens is 3. The number of nitrogens with zero attached hydrogens (tertiary/aromatic N) is 2. The van der Waals surface area contributed by atoms with E-state index in [4.69, 9.17) is 4.42 Å². The Morgan fingerprint density at radius 2 is 1.95 bits per heavy atom. The fraction of sp³-hybridized carbons (Fsp3) is 0.125. The second kappa shape index (κ2) is 4.20. The zero-order chi connectivity index (χ0) is 13.5. The molecule has 2 heterocycles. The maximum atomic E-state index is 5.75. The highest BCUT2D eigenvalue weighted by atomic mass is 16.3. The second-order valence-corrected chi connectivity index (χ2v) is 4.93. The minimum absolute atomic E-state index is 0.683. The fourth-order valence-electron chi connectivity index (χ4n) is 2.46. The number of para-hydroxylation sites is 2. The highest BCUT2D eigenvalue weighted by molar-refractivity contribution is 5.76. The molecule has 1 N–H and O–H groups in total. The standard InChI is InChI=1S/C16H13N3O/c1-10-17-12-7-6-11(8-14(12)18-10)9-16-19-13-4-2-3-5-15(13)20-16/h2-8H,9H2,1H3,(H,17,18). The number of rotatable bonds is 2. The quantitative estimate of drug-likeness (QED) is 0.601. The second-order valence-electron chi connectivity index (χ2n) is 4.93. The molecular weight excluding hydrogens is 250 g/mol. The first-order chi connectivity index (χ1) is 9.78. The molecular formula is C16H13N3O. The molecule has 0 fully saturated rings. The van der Waals surface area contributed by atoms with Crippen molar-refractivity contribution in [2.75, 3.05) is 0 Å². The first-order valence-electron chi connectivity index (χ1n) is 6.58. The molecule has 0 amide bonds. The van der Waals surface area contributed by atoms with Crippen molar-refractivity contribution < 1.29 is 4.42 Å². The minimum Gasteiger partial charge on any atom is -0.440 e. The van der Waals surface area contributed by atoms with Crippen LogP contribution in [0.25, 0.3) is 22.1 Å². The maximum Gasteiger partial charge on any atom is 0.199 e. The molecule has 2 aromatic heterocycles. The number of benzene rings is 2. The Morgan fingerprint density at radius 1 is 1.05 bits per heavy atom. The van der Waals surface area contributed by atoms with Gasteiger partial charge in [0, 0.05) is 6.42 Å². The predicted molar refractivity (Wildman–Crippen MR) is 77.6 cm³/mol. The Kier molecular flexibility index (Phi) is 2.36. The summed E-state index contributed by atoms with van der Waals surface area (Å²) in [6, 6.07) is 14.0. The van der Waals surface area contributed by atoms with Crippen LogP contribution in [0.4, 0.5) is 0 Å². The SMILES string of the molecule is Cc1nc2ccc(Cc3nc4ccccc4o3)cc2[nH]1. The van der Waals surface area contributed by atoms with Crippen LogP contribution in [0.1, 0.15) is 17.3 Å². The number of nitrogens with one attached hydrogen (secondary N) is 1. The third-order valence-electron chi connectivity index (χ3n) is 3.36. The van der Waals surface area contributed by atoms with Gasteiger partial charge in [-0.3, -0.25) is 0 Å². The van der Waals surface area contributed by atoms with Gasteiger partial charge in [0.1, 0.15) is 11.3 Å². The minimum atomic E-state index is 0.683. The molecule has 0 radical (unpaired) electrons. The highest BCUT2D eigenvalue weighted by Crippen LogP contribution is 2.19. The van der Waals surface area contributed by atoms with Gasteiger partial charge in [0.25, 0.3) is 0 Å². The van der Waals surface area contributed by atoms with Crippen molar-refractivity contribution >= 4 is 22.1 Å². The van der Waals surface area contributed by atoms with Gasteiger partial charge in [-0.15, -0.1) is 0 Å². The van der Waals surface area contributed by atoms with Crippen LogP contribution in [0.2, 0.25) is 0 Å². The van der Waals surface area contributed by atoms with Crippen molar-refractivity contribution in [2.24, 2.45) is 0 Å². The van der Waals surface area contributed by atoms with E-state index in [1.807, 2.05) is 37.3 Å². The normalized spacial score (nSPS) is 11.4. The number of hydrogen-bond acceptors (Lipinski definition) is 3. The molecule has 98 valence electrons. The lowest BCUT2D eigenvalue weighted by atomic mass is 10.1. The van der Waals surface area contributed by atoms with Crippen molar-refractivity contribution in [1.29, 1.82) is 0 Å². The molecule has 0 bridgehead atoms. The van der Waals surface area contributed by atoms with Gasteiger partial charge in [-0.1, -0.05) is 18.2 Å². The summed E-state index contributed by atoms with van der Waals surface area (Å²) in [6.07, 6.45) is 0.683. The monoisotopic (exact) mass is 263 g/mol. The lowest BCUT2D eigenvalue weighted by Gasteiger charge is -1.97. The van der Waals surface area contributed by atoms with Crippen LogP contribution in [0, 0.1) is 6.92 Å². The number of aromatic amines is 1. The fourth-order valence-corrected chi connectivity index (χ4v) is 2.46. The molecule has 4 nitrogen and oxygen atoms in total. The lowest BCUT2D eigenvalue weighted by molar-refractivity contribution is 0.544. The van der Waals surface area contributed by atoms with Crippen LogP contribution in [0.3, 0.4) is 0 Å². The van der Waals surface area contributed by atoms with Gasteiger partial charge in [-0.2, -0.15) is 0 Å². The number of aryl methyl sites for hydroxylation is 1. The van der Waals surface area contributed by atoms with Crippen molar-refractivity contribution in [3.05, 3.63) is 59.7 Å². The van der Waals surface area contributed by atoms with E-state index in [9.17, 15) is 0 Å². The number of H-pyrrole nitrogens is 1. The molecule has 0 saturated heterocycles. The first kappa shape index (κ1) is 11.2. The maximum absolute atomic E-state index is 5.75. The summed E-state index contributed by atoms with van der Waals surface area (Å²) >= 11 is 0. The third kappa shape index (κ3) is 1.86. The van der Waals surface area contributed by atoms with Gasteiger partial charge in [-0.25, -0.2) is 9.97 Å². The first-order valence-corrected chi connectivity index (χ1v) is 6.58. The number of oxazole rings is 1. The van der Waals surface area contributed by atoms with Gasteiger partial charge in [-0.05, 0) is 36.8 Å². The van der Waals surface area contributed by atoms with E-state index in [1.165, 1.54) is 0 Å². The van der Waals surface area contributed by atoms with E-state index in [2.05, 4.69) is 27.1 Å². The third-order valence-corrected chi connectivity index (χ3v) is 3.36. The molecule has 0 aliphatic carbocycles. The summed E-state index contributed by atoms with van der Waals surface area (Å²) in [5.74, 6) is 1.67. The molecule has 0 unspecified atom stereocenters. The largest absolute Gasteiger partial charge is 0.440 e. The molecule has 0 aliphatic rings. The zero-order valence-electron chi connectivity index (χ0n) is 11.1. The Morgan fingerprint density at radius 3 is 2.85 bits per heavy atom. The van der Waals surface area contributed by atoms with E-state index in [-0.39, 0.29) is 0 Å². The van der Waals surface area contributed by atoms with E-state index in [0.717, 1.165) is 39.4 Å². The zero-order valence-corrected chi connectivity index (χ0v) is 11.1. The van der Waals surface area contributed by atoms with Gasteiger partial charge in [0.15, 0.2) is 11.5 Å². The Balaban J connectivity index is 1.72. The van der Waals surface area contributed by atoms with Crippen LogP contribution in [0.15, 0.2) is 46.9 Å². The molecule has 0 aliphatic heterocycles. The van der Waals surface area contributed by atoms with Crippen LogP contribution >= 0.6 is 0 Å². The van der Waals surface area contributed by atoms with E-state index in [0.29, 0.717) is 6.42 Å². The molecule has 0 atom stereocenters. The number of hydrogen-bond donors (Lipinski definition) is 1. The summed E-state index contributed by atoms with van der Waals surface area (Å²) in [4.78, 5) is 12.2. The lowest BCUT2D eigenvalue weighted by Crippen LogP contribution is -1.87. The summed E-state index contributed by atoms with van der Waals surface area (Å²) < 4.78 is 5.75. The number of imidazole rings is 1. The smallest absolute Gasteiger partial charge is 0.199 e. The molecule has 0 spiro atoms. The number of fused-ring (bicyclic) bond motifs is 2. The van der Waals surface area contributed by atoms with Crippen LogP contribution in [0.5, 0.6) is 0 Å². The summed E-state index contributed by atoms with van der Waals surface area (Å²) in [7, 11) is 0. The van der Waals surface area contributed by atoms with Crippen LogP contribution < -0.4 is 0 Å². The average molecular weight is 263 g/mol. The van der Waals surface area contributed by atoms with Crippen LogP contribution in [-0.4, -0.2) is 15.0 Å². The Labute approximate surface area is 115 Å². The van der Waals surface area contributed by atoms with Crippen molar-refractivity contribution in [2.45, 2.75) is 13.3 Å².